The fraction of sp³-hybridized carbons (Fsp3) is 0.462. The van der Waals surface area contributed by atoms with Crippen molar-refractivity contribution in [1.29, 1.82) is 0 Å². The Morgan fingerprint density at radius 2 is 2.03 bits per heavy atom. The Morgan fingerprint density at radius 1 is 1.26 bits per heavy atom. The second-order valence-corrected chi connectivity index (χ2v) is 9.28. The van der Waals surface area contributed by atoms with E-state index in [1.54, 1.807) is 13.2 Å². The second kappa shape index (κ2) is 11.1. The van der Waals surface area contributed by atoms with Gasteiger partial charge in [0, 0.05) is 25.6 Å². The molecule has 0 radical (unpaired) electrons. The molecule has 9 heteroatoms. The first-order valence-corrected chi connectivity index (χ1v) is 12.4. The van der Waals surface area contributed by atoms with Crippen LogP contribution in [0.2, 0.25) is 5.02 Å². The lowest BCUT2D eigenvalue weighted by Gasteiger charge is -2.23. The highest BCUT2D eigenvalue weighted by atomic mass is 35.5. The molecule has 35 heavy (non-hydrogen) atoms. The van der Waals surface area contributed by atoms with Gasteiger partial charge in [-0.2, -0.15) is 5.10 Å². The minimum atomic E-state index is -0.291. The summed E-state index contributed by atoms with van der Waals surface area (Å²) in [4.78, 5) is 21.6. The lowest BCUT2D eigenvalue weighted by atomic mass is 9.85. The van der Waals surface area contributed by atoms with Crippen LogP contribution in [0, 0.1) is 0 Å². The molecule has 1 fully saturated rings. The Hall–Kier alpha value is -3.13. The first-order chi connectivity index (χ1) is 16.9. The molecule has 1 saturated carbocycles. The van der Waals surface area contributed by atoms with E-state index in [0.29, 0.717) is 17.3 Å². The maximum absolute atomic E-state index is 11.6. The topological polar surface area (TPSA) is 91.2 Å². The van der Waals surface area contributed by atoms with Crippen LogP contribution in [0.15, 0.2) is 29.8 Å². The number of halogens is 1. The average molecular weight is 498 g/mol. The Bertz CT molecular complexity index is 1240. The number of anilines is 1. The van der Waals surface area contributed by atoms with Crippen molar-refractivity contribution in [2.75, 3.05) is 19.5 Å². The standard InChI is InChI=1S/C26H32ClN5O3/c1-5-6-20-23-24(32(2)31-20)26(28-15-17-9-12-21(34-3)19(27)13-17)30-25(29-23)18-10-7-16(8-11-18)14-22(33)35-4/h9,12-14,18H,5-8,10-11,15H2,1-4H3,(H,28,29,30). The molecule has 0 amide bonds. The largest absolute Gasteiger partial charge is 0.495 e. The van der Waals surface area contributed by atoms with Gasteiger partial charge < -0.3 is 14.8 Å². The van der Waals surface area contributed by atoms with Gasteiger partial charge >= 0.3 is 5.97 Å². The van der Waals surface area contributed by atoms with Crippen LogP contribution in [0.5, 0.6) is 5.75 Å². The zero-order valence-corrected chi connectivity index (χ0v) is 21.5. The fourth-order valence-electron chi connectivity index (χ4n) is 4.59. The zero-order valence-electron chi connectivity index (χ0n) is 20.7. The number of aryl methyl sites for hydroxylation is 2. The van der Waals surface area contributed by atoms with Gasteiger partial charge in [-0.3, -0.25) is 4.68 Å². The van der Waals surface area contributed by atoms with Gasteiger partial charge in [-0.1, -0.05) is 36.6 Å². The van der Waals surface area contributed by atoms with Crippen molar-refractivity contribution < 1.29 is 14.3 Å². The molecule has 186 valence electrons. The summed E-state index contributed by atoms with van der Waals surface area (Å²) < 4.78 is 11.9. The number of carbonyl (C=O) groups excluding carboxylic acids is 1. The Labute approximate surface area is 210 Å². The van der Waals surface area contributed by atoms with E-state index in [2.05, 4.69) is 12.2 Å². The van der Waals surface area contributed by atoms with Crippen LogP contribution in [-0.4, -0.2) is 39.9 Å². The number of hydrogen-bond donors (Lipinski definition) is 1. The van der Waals surface area contributed by atoms with Gasteiger partial charge in [0.1, 0.15) is 22.6 Å². The molecule has 0 atom stereocenters. The molecular weight excluding hydrogens is 466 g/mol. The van der Waals surface area contributed by atoms with Gasteiger partial charge in [-0.15, -0.1) is 0 Å². The molecule has 0 aliphatic heterocycles. The summed E-state index contributed by atoms with van der Waals surface area (Å²) in [5, 5.41) is 8.82. The smallest absolute Gasteiger partial charge is 0.330 e. The molecule has 1 N–H and O–H groups in total. The van der Waals surface area contributed by atoms with E-state index in [1.165, 1.54) is 7.11 Å². The van der Waals surface area contributed by atoms with Crippen LogP contribution in [0.4, 0.5) is 5.82 Å². The van der Waals surface area contributed by atoms with Crippen LogP contribution in [0.1, 0.15) is 62.0 Å². The number of rotatable bonds is 8. The summed E-state index contributed by atoms with van der Waals surface area (Å²) >= 11 is 6.32. The Morgan fingerprint density at radius 3 is 2.69 bits per heavy atom. The number of hydrogen-bond acceptors (Lipinski definition) is 7. The molecule has 2 aromatic heterocycles. The molecule has 2 heterocycles. The van der Waals surface area contributed by atoms with Gasteiger partial charge in [0.15, 0.2) is 5.82 Å². The molecule has 0 spiro atoms. The fourth-order valence-corrected chi connectivity index (χ4v) is 4.87. The molecule has 0 bridgehead atoms. The number of aromatic nitrogens is 4. The number of methoxy groups -OCH3 is 2. The van der Waals surface area contributed by atoms with E-state index in [4.69, 9.17) is 36.1 Å². The minimum absolute atomic E-state index is 0.222. The van der Waals surface area contributed by atoms with Gasteiger partial charge in [-0.25, -0.2) is 14.8 Å². The predicted octanol–water partition coefficient (Wildman–Crippen LogP) is 5.35. The molecular formula is C26H32ClN5O3. The third kappa shape index (κ3) is 5.59. The summed E-state index contributed by atoms with van der Waals surface area (Å²) in [5.74, 6) is 2.18. The lowest BCUT2D eigenvalue weighted by Crippen LogP contribution is -2.14. The van der Waals surface area contributed by atoms with Crippen LogP contribution in [0.25, 0.3) is 11.0 Å². The minimum Gasteiger partial charge on any atom is -0.495 e. The average Bonchev–Trinajstić information content (AvgIpc) is 3.18. The molecule has 8 nitrogen and oxygen atoms in total. The summed E-state index contributed by atoms with van der Waals surface area (Å²) in [6, 6.07) is 5.75. The monoisotopic (exact) mass is 497 g/mol. The molecule has 4 rings (SSSR count). The van der Waals surface area contributed by atoms with Crippen LogP contribution >= 0.6 is 11.6 Å². The third-order valence-corrected chi connectivity index (χ3v) is 6.74. The first kappa shape index (κ1) is 25.0. The van der Waals surface area contributed by atoms with E-state index >= 15 is 0 Å². The van der Waals surface area contributed by atoms with E-state index in [1.807, 2.05) is 29.9 Å². The first-order valence-electron chi connectivity index (χ1n) is 12.0. The normalized spacial score (nSPS) is 15.8. The highest BCUT2D eigenvalue weighted by molar-refractivity contribution is 6.32. The van der Waals surface area contributed by atoms with Crippen molar-refractivity contribution in [3.63, 3.8) is 0 Å². The second-order valence-electron chi connectivity index (χ2n) is 8.87. The summed E-state index contributed by atoms with van der Waals surface area (Å²) in [6.45, 7) is 2.70. The maximum Gasteiger partial charge on any atom is 0.330 e. The van der Waals surface area contributed by atoms with Gasteiger partial charge in [-0.05, 0) is 49.8 Å². The number of allylic oxidation sites excluding steroid dienone is 1. The zero-order chi connectivity index (χ0) is 24.9. The SMILES string of the molecule is CCCc1nn(C)c2c(NCc3ccc(OC)c(Cl)c3)nc(C3CCC(=CC(=O)OC)CC3)nc12. The van der Waals surface area contributed by atoms with E-state index in [9.17, 15) is 4.79 Å². The molecule has 0 saturated heterocycles. The Kier molecular flexibility index (Phi) is 7.90. The van der Waals surface area contributed by atoms with Gasteiger partial charge in [0.25, 0.3) is 0 Å². The number of nitrogens with one attached hydrogen (secondary N) is 1. The van der Waals surface area contributed by atoms with Crippen molar-refractivity contribution in [3.05, 3.63) is 52.0 Å². The predicted molar refractivity (Wildman–Crippen MR) is 137 cm³/mol. The number of fused-ring (bicyclic) bond motifs is 1. The third-order valence-electron chi connectivity index (χ3n) is 6.45. The van der Waals surface area contributed by atoms with Crippen molar-refractivity contribution in [1.82, 2.24) is 19.7 Å². The van der Waals surface area contributed by atoms with Crippen molar-refractivity contribution in [3.8, 4) is 5.75 Å². The van der Waals surface area contributed by atoms with Crippen LogP contribution in [-0.2, 0) is 29.5 Å². The molecule has 0 unspecified atom stereocenters. The number of carbonyl (C=O) groups is 1. The summed E-state index contributed by atoms with van der Waals surface area (Å²) in [7, 11) is 4.95. The number of nitrogens with zero attached hydrogens (tertiary/aromatic N) is 4. The molecule has 1 aromatic carbocycles. The number of benzene rings is 1. The lowest BCUT2D eigenvalue weighted by molar-refractivity contribution is -0.134. The van der Waals surface area contributed by atoms with Crippen LogP contribution < -0.4 is 10.1 Å². The molecule has 1 aliphatic rings. The van der Waals surface area contributed by atoms with Gasteiger partial charge in [0.2, 0.25) is 0 Å². The van der Waals surface area contributed by atoms with Crippen molar-refractivity contribution in [2.45, 2.75) is 57.9 Å². The van der Waals surface area contributed by atoms with E-state index in [-0.39, 0.29) is 11.9 Å². The van der Waals surface area contributed by atoms with E-state index in [0.717, 1.165) is 78.0 Å². The van der Waals surface area contributed by atoms with Crippen LogP contribution in [0.3, 0.4) is 0 Å². The Balaban J connectivity index is 1.64. The van der Waals surface area contributed by atoms with Gasteiger partial charge in [0.05, 0.1) is 24.9 Å². The summed E-state index contributed by atoms with van der Waals surface area (Å²) in [5.41, 5.74) is 4.95. The molecule has 3 aromatic rings. The quantitative estimate of drug-likeness (QED) is 0.331. The highest BCUT2D eigenvalue weighted by Crippen LogP contribution is 2.36. The summed E-state index contributed by atoms with van der Waals surface area (Å²) in [6.07, 6.45) is 6.93. The number of esters is 1. The van der Waals surface area contributed by atoms with E-state index < -0.39 is 0 Å². The maximum atomic E-state index is 11.6. The highest BCUT2D eigenvalue weighted by Gasteiger charge is 2.25. The molecule has 1 aliphatic carbocycles. The van der Waals surface area contributed by atoms with Crippen molar-refractivity contribution in [2.24, 2.45) is 7.05 Å². The van der Waals surface area contributed by atoms with Crippen molar-refractivity contribution >= 4 is 34.4 Å². The number of ether oxygens (including phenoxy) is 2.